The van der Waals surface area contributed by atoms with Crippen molar-refractivity contribution in [1.29, 1.82) is 0 Å². The first-order valence-corrected chi connectivity index (χ1v) is 11.9. The maximum atomic E-state index is 11.9. The summed E-state index contributed by atoms with van der Waals surface area (Å²) >= 11 is 0. The number of likely N-dealkylation sites (N-methyl/N-ethyl adjacent to an activating group) is 1. The normalized spacial score (nSPS) is 19.0. The predicted molar refractivity (Wildman–Crippen MR) is 144 cm³/mol. The standard InChI is InChI=1S/C24H40N6O.HI/c1-4-25-24(26-17-20(3)19-29-15-13-28(5-2)14-16-29)27-18-21-8-10-22(11-9-21)30-12-6-7-23(30)31;/h8-11,20H,4-7,12-19H2,1-3H3,(H2,25,26,27);1H. The summed E-state index contributed by atoms with van der Waals surface area (Å²) in [5, 5.41) is 6.86. The molecule has 1 amide bonds. The zero-order valence-electron chi connectivity index (χ0n) is 20.0. The van der Waals surface area contributed by atoms with Gasteiger partial charge in [-0.3, -0.25) is 4.79 Å². The van der Waals surface area contributed by atoms with Crippen LogP contribution in [-0.4, -0.2) is 80.6 Å². The Morgan fingerprint density at radius 2 is 1.72 bits per heavy atom. The van der Waals surface area contributed by atoms with Gasteiger partial charge < -0.3 is 25.3 Å². The summed E-state index contributed by atoms with van der Waals surface area (Å²) < 4.78 is 0. The van der Waals surface area contributed by atoms with Crippen LogP contribution in [-0.2, 0) is 11.3 Å². The quantitative estimate of drug-likeness (QED) is 0.279. The molecule has 1 aromatic carbocycles. The summed E-state index contributed by atoms with van der Waals surface area (Å²) in [6, 6.07) is 8.22. The molecule has 3 rings (SSSR count). The minimum Gasteiger partial charge on any atom is -0.357 e. The summed E-state index contributed by atoms with van der Waals surface area (Å²) in [5.41, 5.74) is 2.14. The molecule has 0 bridgehead atoms. The van der Waals surface area contributed by atoms with Crippen LogP contribution in [0.5, 0.6) is 0 Å². The van der Waals surface area contributed by atoms with Crippen LogP contribution in [0.2, 0.25) is 0 Å². The van der Waals surface area contributed by atoms with E-state index in [1.165, 1.54) is 26.2 Å². The van der Waals surface area contributed by atoms with E-state index >= 15 is 0 Å². The largest absolute Gasteiger partial charge is 0.357 e. The van der Waals surface area contributed by atoms with Gasteiger partial charge in [-0.2, -0.15) is 0 Å². The Bertz CT molecular complexity index is 718. The Labute approximate surface area is 211 Å². The molecule has 0 aromatic heterocycles. The molecule has 0 aliphatic carbocycles. The Balaban J connectivity index is 0.00000363. The van der Waals surface area contributed by atoms with Gasteiger partial charge in [0.1, 0.15) is 0 Å². The van der Waals surface area contributed by atoms with Crippen molar-refractivity contribution in [2.24, 2.45) is 10.9 Å². The molecule has 2 saturated heterocycles. The van der Waals surface area contributed by atoms with E-state index < -0.39 is 0 Å². The number of anilines is 1. The second-order valence-electron chi connectivity index (χ2n) is 8.73. The van der Waals surface area contributed by atoms with Crippen LogP contribution in [0.4, 0.5) is 5.69 Å². The maximum absolute atomic E-state index is 11.9. The molecule has 2 heterocycles. The van der Waals surface area contributed by atoms with E-state index in [0.717, 1.165) is 56.4 Å². The van der Waals surface area contributed by atoms with Crippen LogP contribution in [0, 0.1) is 5.92 Å². The van der Waals surface area contributed by atoms with Gasteiger partial charge in [0.05, 0.1) is 6.54 Å². The van der Waals surface area contributed by atoms with Gasteiger partial charge in [-0.15, -0.1) is 24.0 Å². The molecule has 32 heavy (non-hydrogen) atoms. The van der Waals surface area contributed by atoms with Gasteiger partial charge >= 0.3 is 0 Å². The van der Waals surface area contributed by atoms with Crippen molar-refractivity contribution in [2.75, 3.05) is 63.8 Å². The van der Waals surface area contributed by atoms with Crippen LogP contribution in [0.1, 0.15) is 39.2 Å². The Morgan fingerprint density at radius 1 is 1.03 bits per heavy atom. The first-order chi connectivity index (χ1) is 15.1. The summed E-state index contributed by atoms with van der Waals surface area (Å²) in [6.07, 6.45) is 1.62. The number of nitrogens with zero attached hydrogens (tertiary/aromatic N) is 4. The molecule has 0 radical (unpaired) electrons. The smallest absolute Gasteiger partial charge is 0.227 e. The average Bonchev–Trinajstić information content (AvgIpc) is 3.22. The lowest BCUT2D eigenvalue weighted by Crippen LogP contribution is -2.48. The van der Waals surface area contributed by atoms with Crippen LogP contribution in [0.15, 0.2) is 29.3 Å². The van der Waals surface area contributed by atoms with Gasteiger partial charge in [0.2, 0.25) is 5.91 Å². The van der Waals surface area contributed by atoms with E-state index in [4.69, 9.17) is 4.99 Å². The van der Waals surface area contributed by atoms with Gasteiger partial charge in [0.25, 0.3) is 0 Å². The third-order valence-corrected chi connectivity index (χ3v) is 6.19. The second-order valence-corrected chi connectivity index (χ2v) is 8.73. The fourth-order valence-electron chi connectivity index (χ4n) is 4.28. The molecular formula is C24H41IN6O. The summed E-state index contributed by atoms with van der Waals surface area (Å²) in [7, 11) is 0. The zero-order valence-corrected chi connectivity index (χ0v) is 22.3. The minimum atomic E-state index is 0. The van der Waals surface area contributed by atoms with Gasteiger partial charge in [-0.25, -0.2) is 4.99 Å². The van der Waals surface area contributed by atoms with Crippen molar-refractivity contribution in [3.63, 3.8) is 0 Å². The van der Waals surface area contributed by atoms with E-state index in [0.29, 0.717) is 18.9 Å². The van der Waals surface area contributed by atoms with Crippen LogP contribution in [0.25, 0.3) is 0 Å². The van der Waals surface area contributed by atoms with Crippen molar-refractivity contribution in [3.05, 3.63) is 29.8 Å². The number of hydrogen-bond donors (Lipinski definition) is 2. The highest BCUT2D eigenvalue weighted by Gasteiger charge is 2.21. The molecule has 1 aromatic rings. The molecule has 2 aliphatic heterocycles. The number of rotatable bonds is 9. The van der Waals surface area contributed by atoms with Crippen LogP contribution in [0.3, 0.4) is 0 Å². The Hall–Kier alpha value is -1.39. The molecule has 2 fully saturated rings. The Morgan fingerprint density at radius 3 is 2.31 bits per heavy atom. The number of halogens is 1. The van der Waals surface area contributed by atoms with Crippen molar-refractivity contribution in [3.8, 4) is 0 Å². The first kappa shape index (κ1) is 26.9. The highest BCUT2D eigenvalue weighted by Crippen LogP contribution is 2.21. The molecular weight excluding hydrogens is 515 g/mol. The molecule has 7 nitrogen and oxygen atoms in total. The SMILES string of the molecule is CCNC(=NCc1ccc(N2CCCC2=O)cc1)NCC(C)CN1CCN(CC)CC1.I. The molecule has 0 spiro atoms. The zero-order chi connectivity index (χ0) is 22.1. The molecule has 1 unspecified atom stereocenters. The number of hydrogen-bond acceptors (Lipinski definition) is 4. The predicted octanol–water partition coefficient (Wildman–Crippen LogP) is 2.76. The van der Waals surface area contributed by atoms with Gasteiger partial charge in [0.15, 0.2) is 5.96 Å². The number of piperazine rings is 1. The number of nitrogens with one attached hydrogen (secondary N) is 2. The lowest BCUT2D eigenvalue weighted by molar-refractivity contribution is -0.117. The summed E-state index contributed by atoms with van der Waals surface area (Å²) in [4.78, 5) is 23.6. The highest BCUT2D eigenvalue weighted by atomic mass is 127. The molecule has 0 saturated carbocycles. The van der Waals surface area contributed by atoms with E-state index in [1.54, 1.807) is 0 Å². The third kappa shape index (κ3) is 8.19. The summed E-state index contributed by atoms with van der Waals surface area (Å²) in [5.74, 6) is 1.66. The fraction of sp³-hybridized carbons (Fsp3) is 0.667. The molecule has 2 N–H and O–H groups in total. The van der Waals surface area contributed by atoms with Crippen molar-refractivity contribution < 1.29 is 4.79 Å². The number of aliphatic imine (C=N–C) groups is 1. The maximum Gasteiger partial charge on any atom is 0.227 e. The summed E-state index contributed by atoms with van der Waals surface area (Å²) in [6.45, 7) is 16.9. The second kappa shape index (κ2) is 14.0. The van der Waals surface area contributed by atoms with E-state index in [9.17, 15) is 4.79 Å². The van der Waals surface area contributed by atoms with Crippen LogP contribution >= 0.6 is 24.0 Å². The van der Waals surface area contributed by atoms with E-state index in [2.05, 4.69) is 53.3 Å². The van der Waals surface area contributed by atoms with Gasteiger partial charge in [0, 0.05) is 64.5 Å². The lowest BCUT2D eigenvalue weighted by atomic mass is 10.1. The van der Waals surface area contributed by atoms with Gasteiger partial charge in [-0.1, -0.05) is 26.0 Å². The number of carbonyl (C=O) groups excluding carboxylic acids is 1. The Kier molecular flexibility index (Phi) is 11.7. The third-order valence-electron chi connectivity index (χ3n) is 6.19. The molecule has 180 valence electrons. The van der Waals surface area contributed by atoms with Crippen molar-refractivity contribution in [2.45, 2.75) is 40.2 Å². The van der Waals surface area contributed by atoms with E-state index in [-0.39, 0.29) is 29.9 Å². The number of amides is 1. The molecule has 1 atom stereocenters. The van der Waals surface area contributed by atoms with Crippen molar-refractivity contribution in [1.82, 2.24) is 20.4 Å². The number of benzene rings is 1. The molecule has 8 heteroatoms. The van der Waals surface area contributed by atoms with Crippen molar-refractivity contribution >= 4 is 41.5 Å². The molecule has 2 aliphatic rings. The highest BCUT2D eigenvalue weighted by molar-refractivity contribution is 14.0. The topological polar surface area (TPSA) is 63.2 Å². The fourth-order valence-corrected chi connectivity index (χ4v) is 4.28. The van der Waals surface area contributed by atoms with Gasteiger partial charge in [-0.05, 0) is 43.5 Å². The lowest BCUT2D eigenvalue weighted by Gasteiger charge is -2.35. The number of carbonyl (C=O) groups is 1. The average molecular weight is 557 g/mol. The minimum absolute atomic E-state index is 0. The van der Waals surface area contributed by atoms with Crippen LogP contribution < -0.4 is 15.5 Å². The first-order valence-electron chi connectivity index (χ1n) is 11.9. The van der Waals surface area contributed by atoms with E-state index in [1.807, 2.05) is 17.0 Å². The monoisotopic (exact) mass is 556 g/mol. The number of guanidine groups is 1.